The van der Waals surface area contributed by atoms with Gasteiger partial charge in [-0.3, -0.25) is 9.11 Å². The maximum absolute atomic E-state index is 10.7. The fourth-order valence-electron chi connectivity index (χ4n) is 1.20. The quantitative estimate of drug-likeness (QED) is 0.481. The number of aromatic hydroxyl groups is 2. The first-order valence-corrected chi connectivity index (χ1v) is 8.54. The standard InChI is InChI=1S/C6H6O8S2.C4H11N/c7-3-1-4(8)6(16(12,13)14)2-5(3)15(9,10)11;1-3-5-4-2/h1-2,7-8H,(H,9,10,11)(H,12,13,14);5H,3-4H2,1-2H3. The summed E-state index contributed by atoms with van der Waals surface area (Å²) in [5.74, 6) is -2.10. The number of hydrogen-bond acceptors (Lipinski definition) is 7. The van der Waals surface area contributed by atoms with Crippen LogP contribution in [-0.2, 0) is 20.2 Å². The molecule has 0 aromatic heterocycles. The van der Waals surface area contributed by atoms with Crippen LogP contribution >= 0.6 is 0 Å². The Balaban J connectivity index is 0.000000690. The second-order valence-corrected chi connectivity index (χ2v) is 6.47. The number of benzene rings is 1. The van der Waals surface area contributed by atoms with E-state index in [0.29, 0.717) is 6.07 Å². The van der Waals surface area contributed by atoms with Crippen LogP contribution in [0.5, 0.6) is 11.5 Å². The summed E-state index contributed by atoms with van der Waals surface area (Å²) in [5, 5.41) is 21.2. The second-order valence-electron chi connectivity index (χ2n) is 3.69. The zero-order chi connectivity index (χ0) is 16.8. The molecule has 0 aliphatic heterocycles. The van der Waals surface area contributed by atoms with Gasteiger partial charge in [0.1, 0.15) is 21.3 Å². The first kappa shape index (κ1) is 19.6. The van der Waals surface area contributed by atoms with Crippen molar-refractivity contribution >= 4 is 20.2 Å². The summed E-state index contributed by atoms with van der Waals surface area (Å²) in [5.41, 5.74) is 0. The number of rotatable bonds is 4. The third-order valence-electron chi connectivity index (χ3n) is 2.10. The molecule has 0 aliphatic carbocycles. The summed E-state index contributed by atoms with van der Waals surface area (Å²) in [7, 11) is -9.74. The number of nitrogens with one attached hydrogen (secondary N) is 1. The van der Waals surface area contributed by atoms with Crippen LogP contribution in [0.2, 0.25) is 0 Å². The Bertz CT molecular complexity index is 626. The third-order valence-corrected chi connectivity index (χ3v) is 3.86. The van der Waals surface area contributed by atoms with Gasteiger partial charge in [-0.25, -0.2) is 0 Å². The molecule has 0 unspecified atom stereocenters. The SMILES string of the molecule is CCNCC.O=S(=O)(O)c1cc(S(=O)(=O)O)c(O)cc1O. The molecule has 1 aromatic carbocycles. The Morgan fingerprint density at radius 1 is 0.857 bits per heavy atom. The molecule has 21 heavy (non-hydrogen) atoms. The number of phenols is 2. The van der Waals surface area contributed by atoms with Crippen LogP contribution in [0.25, 0.3) is 0 Å². The van der Waals surface area contributed by atoms with E-state index in [9.17, 15) is 16.8 Å². The van der Waals surface area contributed by atoms with Crippen molar-refractivity contribution in [2.45, 2.75) is 23.6 Å². The second kappa shape index (κ2) is 7.56. The van der Waals surface area contributed by atoms with Crippen LogP contribution in [0, 0.1) is 0 Å². The number of hydrogen-bond donors (Lipinski definition) is 5. The lowest BCUT2D eigenvalue weighted by molar-refractivity contribution is 0.418. The van der Waals surface area contributed by atoms with Crippen molar-refractivity contribution < 1.29 is 36.2 Å². The van der Waals surface area contributed by atoms with E-state index in [1.165, 1.54) is 0 Å². The molecule has 11 heteroatoms. The van der Waals surface area contributed by atoms with Crippen molar-refractivity contribution in [1.29, 1.82) is 0 Å². The lowest BCUT2D eigenvalue weighted by Crippen LogP contribution is -2.09. The van der Waals surface area contributed by atoms with E-state index in [0.717, 1.165) is 13.1 Å². The average Bonchev–Trinajstić information content (AvgIpc) is 2.27. The fraction of sp³-hybridized carbons (Fsp3) is 0.400. The van der Waals surface area contributed by atoms with Gasteiger partial charge in [0.15, 0.2) is 0 Å². The molecule has 0 amide bonds. The molecule has 0 atom stereocenters. The van der Waals surface area contributed by atoms with E-state index in [-0.39, 0.29) is 6.07 Å². The summed E-state index contributed by atoms with van der Waals surface area (Å²) in [6.45, 7) is 6.39. The molecule has 0 radical (unpaired) electrons. The van der Waals surface area contributed by atoms with Crippen LogP contribution in [0.1, 0.15) is 13.8 Å². The van der Waals surface area contributed by atoms with E-state index in [1.54, 1.807) is 0 Å². The molecule has 0 bridgehead atoms. The van der Waals surface area contributed by atoms with E-state index in [4.69, 9.17) is 19.3 Å². The number of phenolic OH excluding ortho intramolecular Hbond substituents is 2. The summed E-state index contributed by atoms with van der Waals surface area (Å²) in [6, 6.07) is 0.599. The fourth-order valence-corrected chi connectivity index (χ4v) is 2.46. The molecule has 0 aliphatic rings. The highest BCUT2D eigenvalue weighted by Gasteiger charge is 2.24. The van der Waals surface area contributed by atoms with Crippen molar-refractivity contribution in [2.75, 3.05) is 13.1 Å². The Hall–Kier alpha value is -1.40. The van der Waals surface area contributed by atoms with Gasteiger partial charge in [0.2, 0.25) is 0 Å². The molecular formula is C10H17NO8S2. The molecule has 0 fully saturated rings. The Kier molecular flexibility index (Phi) is 7.06. The summed E-state index contributed by atoms with van der Waals surface area (Å²) < 4.78 is 59.9. The van der Waals surface area contributed by atoms with Crippen LogP contribution in [0.3, 0.4) is 0 Å². The molecule has 0 saturated carbocycles. The van der Waals surface area contributed by atoms with Gasteiger partial charge in [0, 0.05) is 6.07 Å². The Morgan fingerprint density at radius 3 is 1.38 bits per heavy atom. The van der Waals surface area contributed by atoms with Gasteiger partial charge in [0.05, 0.1) is 0 Å². The smallest absolute Gasteiger partial charge is 0.298 e. The van der Waals surface area contributed by atoms with Gasteiger partial charge < -0.3 is 15.5 Å². The molecular weight excluding hydrogens is 326 g/mol. The minimum Gasteiger partial charge on any atom is -0.506 e. The van der Waals surface area contributed by atoms with Crippen molar-refractivity contribution in [3.63, 3.8) is 0 Å². The van der Waals surface area contributed by atoms with E-state index >= 15 is 0 Å². The maximum atomic E-state index is 10.7. The summed E-state index contributed by atoms with van der Waals surface area (Å²) in [6.07, 6.45) is 0. The highest BCUT2D eigenvalue weighted by molar-refractivity contribution is 7.86. The topological polar surface area (TPSA) is 161 Å². The van der Waals surface area contributed by atoms with Gasteiger partial charge in [-0.15, -0.1) is 0 Å². The van der Waals surface area contributed by atoms with Gasteiger partial charge in [0.25, 0.3) is 20.2 Å². The Labute approximate surface area is 122 Å². The first-order chi connectivity index (χ1) is 9.45. The summed E-state index contributed by atoms with van der Waals surface area (Å²) in [4.78, 5) is -2.28. The van der Waals surface area contributed by atoms with Crippen molar-refractivity contribution in [1.82, 2.24) is 5.32 Å². The van der Waals surface area contributed by atoms with E-state index in [1.807, 2.05) is 0 Å². The average molecular weight is 343 g/mol. The normalized spacial score (nSPS) is 11.6. The van der Waals surface area contributed by atoms with Crippen LogP contribution < -0.4 is 5.32 Å². The van der Waals surface area contributed by atoms with Crippen molar-refractivity contribution in [2.24, 2.45) is 0 Å². The molecule has 1 rings (SSSR count). The van der Waals surface area contributed by atoms with Gasteiger partial charge in [-0.2, -0.15) is 16.8 Å². The first-order valence-electron chi connectivity index (χ1n) is 5.66. The molecule has 1 aromatic rings. The zero-order valence-corrected chi connectivity index (χ0v) is 12.9. The van der Waals surface area contributed by atoms with Crippen LogP contribution in [0.15, 0.2) is 21.9 Å². The minimum absolute atomic E-state index is 0.231. The van der Waals surface area contributed by atoms with Crippen LogP contribution in [0.4, 0.5) is 0 Å². The summed E-state index contributed by atoms with van der Waals surface area (Å²) >= 11 is 0. The van der Waals surface area contributed by atoms with E-state index < -0.39 is 41.5 Å². The lowest BCUT2D eigenvalue weighted by atomic mass is 10.3. The molecule has 9 nitrogen and oxygen atoms in total. The molecule has 0 heterocycles. The third kappa shape index (κ3) is 6.27. The lowest BCUT2D eigenvalue weighted by Gasteiger charge is -2.05. The predicted octanol–water partition coefficient (Wildman–Crippen LogP) is 0.207. The molecule has 0 saturated heterocycles. The highest BCUT2D eigenvalue weighted by atomic mass is 32.2. The molecule has 0 spiro atoms. The van der Waals surface area contributed by atoms with Gasteiger partial charge in [-0.05, 0) is 19.2 Å². The molecule has 5 N–H and O–H groups in total. The monoisotopic (exact) mass is 343 g/mol. The van der Waals surface area contributed by atoms with E-state index in [2.05, 4.69) is 19.2 Å². The molecule has 122 valence electrons. The van der Waals surface area contributed by atoms with Crippen LogP contribution in [-0.4, -0.2) is 49.2 Å². The minimum atomic E-state index is -4.87. The predicted molar refractivity (Wildman–Crippen MR) is 73.6 cm³/mol. The van der Waals surface area contributed by atoms with Gasteiger partial charge in [-0.1, -0.05) is 13.8 Å². The zero-order valence-electron chi connectivity index (χ0n) is 11.3. The highest BCUT2D eigenvalue weighted by Crippen LogP contribution is 2.32. The van der Waals surface area contributed by atoms with Crippen molar-refractivity contribution in [3.8, 4) is 11.5 Å². The largest absolute Gasteiger partial charge is 0.506 e. The van der Waals surface area contributed by atoms with Crippen molar-refractivity contribution in [3.05, 3.63) is 12.1 Å². The van der Waals surface area contributed by atoms with Gasteiger partial charge >= 0.3 is 0 Å². The maximum Gasteiger partial charge on any atom is 0.298 e. The Morgan fingerprint density at radius 2 is 1.19 bits per heavy atom.